The standard InChI is InChI=1S/C14H16N2O/c1-10(2)11-5-4-6-12(14(11)17-3)13-7-8-15-9-16-13/h4-10H,1-3H3. The Labute approximate surface area is 102 Å². The summed E-state index contributed by atoms with van der Waals surface area (Å²) in [7, 11) is 1.70. The Morgan fingerprint density at radius 3 is 2.59 bits per heavy atom. The van der Waals surface area contributed by atoms with Crippen LogP contribution < -0.4 is 4.74 Å². The highest BCUT2D eigenvalue weighted by Gasteiger charge is 2.13. The van der Waals surface area contributed by atoms with Gasteiger partial charge in [0, 0.05) is 11.8 Å². The number of hydrogen-bond donors (Lipinski definition) is 0. The minimum atomic E-state index is 0.423. The summed E-state index contributed by atoms with van der Waals surface area (Å²) in [6.45, 7) is 4.31. The summed E-state index contributed by atoms with van der Waals surface area (Å²) in [6.07, 6.45) is 3.29. The van der Waals surface area contributed by atoms with Crippen molar-refractivity contribution in [3.05, 3.63) is 42.4 Å². The Bertz CT molecular complexity index is 495. The van der Waals surface area contributed by atoms with Crippen LogP contribution in [-0.4, -0.2) is 17.1 Å². The highest BCUT2D eigenvalue weighted by Crippen LogP contribution is 2.35. The summed E-state index contributed by atoms with van der Waals surface area (Å²) in [5, 5.41) is 0. The van der Waals surface area contributed by atoms with Crippen molar-refractivity contribution in [3.8, 4) is 17.0 Å². The minimum Gasteiger partial charge on any atom is -0.496 e. The lowest BCUT2D eigenvalue weighted by atomic mass is 9.98. The van der Waals surface area contributed by atoms with Crippen LogP contribution in [0.4, 0.5) is 0 Å². The molecule has 0 saturated heterocycles. The lowest BCUT2D eigenvalue weighted by Gasteiger charge is -2.15. The zero-order chi connectivity index (χ0) is 12.3. The molecule has 3 nitrogen and oxygen atoms in total. The molecule has 0 atom stereocenters. The highest BCUT2D eigenvalue weighted by molar-refractivity contribution is 5.69. The van der Waals surface area contributed by atoms with Crippen molar-refractivity contribution in [2.24, 2.45) is 0 Å². The van der Waals surface area contributed by atoms with Crippen molar-refractivity contribution in [1.29, 1.82) is 0 Å². The molecular formula is C14H16N2O. The van der Waals surface area contributed by atoms with E-state index in [0.29, 0.717) is 5.92 Å². The molecule has 0 bridgehead atoms. The minimum absolute atomic E-state index is 0.423. The maximum absolute atomic E-state index is 5.53. The monoisotopic (exact) mass is 228 g/mol. The molecule has 0 aliphatic heterocycles. The molecule has 0 aliphatic rings. The van der Waals surface area contributed by atoms with E-state index in [1.54, 1.807) is 19.6 Å². The number of ether oxygens (including phenoxy) is 1. The van der Waals surface area contributed by atoms with Gasteiger partial charge in [-0.3, -0.25) is 0 Å². The zero-order valence-electron chi connectivity index (χ0n) is 10.3. The van der Waals surface area contributed by atoms with E-state index in [1.807, 2.05) is 18.2 Å². The first-order valence-electron chi connectivity index (χ1n) is 5.67. The Kier molecular flexibility index (Phi) is 3.38. The number of methoxy groups -OCH3 is 1. The van der Waals surface area contributed by atoms with Gasteiger partial charge in [-0.15, -0.1) is 0 Å². The van der Waals surface area contributed by atoms with Crippen molar-refractivity contribution in [2.45, 2.75) is 19.8 Å². The maximum atomic E-state index is 5.53. The molecule has 0 unspecified atom stereocenters. The smallest absolute Gasteiger partial charge is 0.131 e. The van der Waals surface area contributed by atoms with Crippen LogP contribution in [0.5, 0.6) is 5.75 Å². The van der Waals surface area contributed by atoms with E-state index in [0.717, 1.165) is 17.0 Å². The molecule has 88 valence electrons. The third-order valence-electron chi connectivity index (χ3n) is 2.73. The normalized spacial score (nSPS) is 10.6. The first kappa shape index (κ1) is 11.6. The number of nitrogens with zero attached hydrogens (tertiary/aromatic N) is 2. The summed E-state index contributed by atoms with van der Waals surface area (Å²) in [5.74, 6) is 1.33. The SMILES string of the molecule is COc1c(-c2ccncn2)cccc1C(C)C. The molecule has 0 saturated carbocycles. The van der Waals surface area contributed by atoms with E-state index < -0.39 is 0 Å². The summed E-state index contributed by atoms with van der Waals surface area (Å²) in [6, 6.07) is 8.04. The number of para-hydroxylation sites is 1. The molecule has 1 aromatic carbocycles. The average molecular weight is 228 g/mol. The molecule has 0 spiro atoms. The third kappa shape index (κ3) is 2.28. The van der Waals surface area contributed by atoms with Crippen LogP contribution in [0.1, 0.15) is 25.3 Å². The number of aromatic nitrogens is 2. The molecular weight excluding hydrogens is 212 g/mol. The van der Waals surface area contributed by atoms with E-state index in [9.17, 15) is 0 Å². The lowest BCUT2D eigenvalue weighted by molar-refractivity contribution is 0.409. The predicted octanol–water partition coefficient (Wildman–Crippen LogP) is 3.28. The van der Waals surface area contributed by atoms with Gasteiger partial charge in [-0.2, -0.15) is 0 Å². The van der Waals surface area contributed by atoms with Crippen molar-refractivity contribution < 1.29 is 4.74 Å². The first-order chi connectivity index (χ1) is 8.24. The summed E-state index contributed by atoms with van der Waals surface area (Å²) in [5.41, 5.74) is 3.10. The second-order valence-electron chi connectivity index (χ2n) is 4.18. The van der Waals surface area contributed by atoms with Crippen LogP contribution in [0.2, 0.25) is 0 Å². The van der Waals surface area contributed by atoms with Gasteiger partial charge >= 0.3 is 0 Å². The molecule has 17 heavy (non-hydrogen) atoms. The van der Waals surface area contributed by atoms with Crippen LogP contribution in [0.15, 0.2) is 36.8 Å². The molecule has 0 N–H and O–H groups in total. The van der Waals surface area contributed by atoms with Gasteiger partial charge in [-0.25, -0.2) is 9.97 Å². The molecule has 3 heteroatoms. The van der Waals surface area contributed by atoms with Crippen molar-refractivity contribution in [2.75, 3.05) is 7.11 Å². The van der Waals surface area contributed by atoms with Crippen LogP contribution in [-0.2, 0) is 0 Å². The Morgan fingerprint density at radius 1 is 1.18 bits per heavy atom. The molecule has 0 aliphatic carbocycles. The molecule has 1 aromatic heterocycles. The van der Waals surface area contributed by atoms with Crippen molar-refractivity contribution in [3.63, 3.8) is 0 Å². The van der Waals surface area contributed by atoms with Crippen LogP contribution in [0.25, 0.3) is 11.3 Å². The first-order valence-corrected chi connectivity index (χ1v) is 5.67. The zero-order valence-corrected chi connectivity index (χ0v) is 10.3. The van der Waals surface area contributed by atoms with Gasteiger partial charge in [0.2, 0.25) is 0 Å². The fourth-order valence-electron chi connectivity index (χ4n) is 1.89. The highest BCUT2D eigenvalue weighted by atomic mass is 16.5. The van der Waals surface area contributed by atoms with Gasteiger partial charge in [0.1, 0.15) is 12.1 Å². The van der Waals surface area contributed by atoms with E-state index >= 15 is 0 Å². The largest absolute Gasteiger partial charge is 0.496 e. The number of benzene rings is 1. The number of rotatable bonds is 3. The summed E-state index contributed by atoms with van der Waals surface area (Å²) < 4.78 is 5.53. The Balaban J connectivity index is 2.59. The molecule has 2 aromatic rings. The Hall–Kier alpha value is -1.90. The second-order valence-corrected chi connectivity index (χ2v) is 4.18. The molecule has 0 amide bonds. The van der Waals surface area contributed by atoms with Crippen molar-refractivity contribution in [1.82, 2.24) is 9.97 Å². The van der Waals surface area contributed by atoms with Gasteiger partial charge in [-0.05, 0) is 23.6 Å². The second kappa shape index (κ2) is 4.95. The van der Waals surface area contributed by atoms with E-state index in [4.69, 9.17) is 4.74 Å². The molecule has 0 fully saturated rings. The van der Waals surface area contributed by atoms with Crippen LogP contribution >= 0.6 is 0 Å². The average Bonchev–Trinajstić information content (AvgIpc) is 2.38. The summed E-state index contributed by atoms with van der Waals surface area (Å²) >= 11 is 0. The maximum Gasteiger partial charge on any atom is 0.131 e. The third-order valence-corrected chi connectivity index (χ3v) is 2.73. The van der Waals surface area contributed by atoms with E-state index in [-0.39, 0.29) is 0 Å². The summed E-state index contributed by atoms with van der Waals surface area (Å²) in [4.78, 5) is 8.20. The van der Waals surface area contributed by atoms with Gasteiger partial charge in [0.05, 0.1) is 12.8 Å². The van der Waals surface area contributed by atoms with Gasteiger partial charge in [0.15, 0.2) is 0 Å². The van der Waals surface area contributed by atoms with Gasteiger partial charge in [0.25, 0.3) is 0 Å². The topological polar surface area (TPSA) is 35.0 Å². The Morgan fingerprint density at radius 2 is 2.00 bits per heavy atom. The quantitative estimate of drug-likeness (QED) is 0.808. The molecule has 2 rings (SSSR count). The van der Waals surface area contributed by atoms with Crippen LogP contribution in [0, 0.1) is 0 Å². The molecule has 1 heterocycles. The van der Waals surface area contributed by atoms with E-state index in [2.05, 4.69) is 29.9 Å². The predicted molar refractivity (Wildman–Crippen MR) is 68.1 cm³/mol. The lowest BCUT2D eigenvalue weighted by Crippen LogP contribution is -1.97. The fraction of sp³-hybridized carbons (Fsp3) is 0.286. The van der Waals surface area contributed by atoms with Crippen molar-refractivity contribution >= 4 is 0 Å². The van der Waals surface area contributed by atoms with Crippen LogP contribution in [0.3, 0.4) is 0 Å². The van der Waals surface area contributed by atoms with Gasteiger partial charge < -0.3 is 4.74 Å². The fourth-order valence-corrected chi connectivity index (χ4v) is 1.89. The molecule has 0 radical (unpaired) electrons. The number of hydrogen-bond acceptors (Lipinski definition) is 3. The van der Waals surface area contributed by atoms with E-state index in [1.165, 1.54) is 5.56 Å². The van der Waals surface area contributed by atoms with Gasteiger partial charge in [-0.1, -0.05) is 26.0 Å².